The van der Waals surface area contributed by atoms with E-state index in [1.165, 1.54) is 0 Å². The zero-order valence-corrected chi connectivity index (χ0v) is 16.0. The molecule has 0 saturated carbocycles. The van der Waals surface area contributed by atoms with Crippen molar-refractivity contribution in [3.8, 4) is 11.5 Å². The van der Waals surface area contributed by atoms with Crippen LogP contribution in [0.15, 0.2) is 46.4 Å². The minimum Gasteiger partial charge on any atom is -0.507 e. The van der Waals surface area contributed by atoms with E-state index in [9.17, 15) is 10.2 Å². The molecule has 0 aliphatic carbocycles. The Morgan fingerprint density at radius 3 is 1.96 bits per heavy atom. The molecule has 0 amide bonds. The van der Waals surface area contributed by atoms with Gasteiger partial charge in [-0.3, -0.25) is 9.98 Å². The fraction of sp³-hybridized carbons (Fsp3) is 0.364. The minimum atomic E-state index is -0.107. The van der Waals surface area contributed by atoms with E-state index >= 15 is 0 Å². The number of benzene rings is 2. The summed E-state index contributed by atoms with van der Waals surface area (Å²) >= 11 is 0. The molecule has 0 bridgehead atoms. The number of phenols is 2. The van der Waals surface area contributed by atoms with Crippen molar-refractivity contribution >= 4 is 12.4 Å². The summed E-state index contributed by atoms with van der Waals surface area (Å²) in [5, 5.41) is 20.3. The fourth-order valence-electron chi connectivity index (χ4n) is 2.64. The Bertz CT molecular complexity index is 802. The average Bonchev–Trinajstić information content (AvgIpc) is 2.58. The average molecular weight is 352 g/mol. The highest BCUT2D eigenvalue weighted by molar-refractivity contribution is 5.84. The standard InChI is InChI=1S/C22H28N2O2/c1-16-8-5-9-17(20(16)25)14-23-12-7-13-24-15-18-10-6-11-19(21(18)26)22(2,3)4/h5-6,8-11,14-15,25-26H,7,12-13H2,1-4H3. The molecule has 2 aromatic rings. The molecular formula is C22H28N2O2. The lowest BCUT2D eigenvalue weighted by Gasteiger charge is -2.21. The maximum absolute atomic E-state index is 10.4. The molecule has 2 rings (SSSR count). The maximum Gasteiger partial charge on any atom is 0.128 e. The van der Waals surface area contributed by atoms with Gasteiger partial charge in [-0.05, 0) is 42.0 Å². The first-order chi connectivity index (χ1) is 12.3. The molecule has 26 heavy (non-hydrogen) atoms. The quantitative estimate of drug-likeness (QED) is 0.588. The number of hydrogen-bond acceptors (Lipinski definition) is 4. The summed E-state index contributed by atoms with van der Waals surface area (Å²) in [6.07, 6.45) is 4.23. The SMILES string of the molecule is Cc1cccc(C=NCCCN=Cc2cccc(C(C)(C)C)c2O)c1O. The van der Waals surface area contributed by atoms with E-state index in [4.69, 9.17) is 0 Å². The van der Waals surface area contributed by atoms with Crippen LogP contribution in [0.2, 0.25) is 0 Å². The number of nitrogens with zero attached hydrogens (tertiary/aromatic N) is 2. The highest BCUT2D eigenvalue weighted by Crippen LogP contribution is 2.32. The normalized spacial score (nSPS) is 12.3. The molecule has 0 heterocycles. The van der Waals surface area contributed by atoms with E-state index in [1.807, 2.05) is 43.3 Å². The highest BCUT2D eigenvalue weighted by Gasteiger charge is 2.18. The molecule has 0 aliphatic rings. The van der Waals surface area contributed by atoms with Gasteiger partial charge in [-0.2, -0.15) is 0 Å². The van der Waals surface area contributed by atoms with E-state index in [-0.39, 0.29) is 11.2 Å². The van der Waals surface area contributed by atoms with Gasteiger partial charge in [0.1, 0.15) is 11.5 Å². The molecule has 0 spiro atoms. The van der Waals surface area contributed by atoms with Gasteiger partial charge in [0.25, 0.3) is 0 Å². The van der Waals surface area contributed by atoms with Crippen molar-refractivity contribution in [1.82, 2.24) is 0 Å². The summed E-state index contributed by atoms with van der Waals surface area (Å²) in [5.41, 5.74) is 3.13. The first-order valence-electron chi connectivity index (χ1n) is 8.91. The molecule has 0 radical (unpaired) electrons. The summed E-state index contributed by atoms with van der Waals surface area (Å²) in [6, 6.07) is 11.4. The van der Waals surface area contributed by atoms with Crippen LogP contribution in [0.5, 0.6) is 11.5 Å². The van der Waals surface area contributed by atoms with Crippen molar-refractivity contribution in [3.63, 3.8) is 0 Å². The highest BCUT2D eigenvalue weighted by atomic mass is 16.3. The Morgan fingerprint density at radius 1 is 0.846 bits per heavy atom. The number of aromatic hydroxyl groups is 2. The molecule has 0 unspecified atom stereocenters. The molecule has 2 aromatic carbocycles. The predicted molar refractivity (Wildman–Crippen MR) is 109 cm³/mol. The lowest BCUT2D eigenvalue weighted by Crippen LogP contribution is -2.11. The third-order valence-electron chi connectivity index (χ3n) is 4.18. The van der Waals surface area contributed by atoms with Gasteiger partial charge in [0.2, 0.25) is 0 Å². The van der Waals surface area contributed by atoms with Crippen molar-refractivity contribution in [2.45, 2.75) is 39.5 Å². The summed E-state index contributed by atoms with van der Waals surface area (Å²) in [4.78, 5) is 8.74. The molecule has 138 valence electrons. The van der Waals surface area contributed by atoms with Crippen LogP contribution in [0.3, 0.4) is 0 Å². The predicted octanol–water partition coefficient (Wildman–Crippen LogP) is 4.63. The molecule has 0 aromatic heterocycles. The van der Waals surface area contributed by atoms with Gasteiger partial charge in [-0.25, -0.2) is 0 Å². The van der Waals surface area contributed by atoms with Crippen LogP contribution in [0.4, 0.5) is 0 Å². The number of phenolic OH excluding ortho intramolecular Hbond substituents is 2. The molecule has 2 N–H and O–H groups in total. The van der Waals surface area contributed by atoms with Crippen molar-refractivity contribution in [1.29, 1.82) is 0 Å². The van der Waals surface area contributed by atoms with Gasteiger partial charge in [-0.15, -0.1) is 0 Å². The Balaban J connectivity index is 1.87. The van der Waals surface area contributed by atoms with Crippen LogP contribution in [0.1, 0.15) is 49.4 Å². The topological polar surface area (TPSA) is 65.2 Å². The Morgan fingerprint density at radius 2 is 1.38 bits per heavy atom. The van der Waals surface area contributed by atoms with E-state index in [0.29, 0.717) is 18.8 Å². The molecule has 0 aliphatic heterocycles. The van der Waals surface area contributed by atoms with Gasteiger partial charge in [0, 0.05) is 36.6 Å². The van der Waals surface area contributed by atoms with E-state index in [0.717, 1.165) is 28.7 Å². The van der Waals surface area contributed by atoms with Crippen molar-refractivity contribution in [2.75, 3.05) is 13.1 Å². The largest absolute Gasteiger partial charge is 0.507 e. The third-order valence-corrected chi connectivity index (χ3v) is 4.18. The lowest BCUT2D eigenvalue weighted by molar-refractivity contribution is 0.446. The Labute approximate surface area is 156 Å². The van der Waals surface area contributed by atoms with Gasteiger partial charge in [0.15, 0.2) is 0 Å². The number of aliphatic imine (C=N–C) groups is 2. The molecular weight excluding hydrogens is 324 g/mol. The summed E-state index contributed by atoms with van der Waals surface area (Å²) in [6.45, 7) is 9.37. The Kier molecular flexibility index (Phi) is 6.56. The summed E-state index contributed by atoms with van der Waals surface area (Å²) < 4.78 is 0. The van der Waals surface area contributed by atoms with Crippen LogP contribution in [-0.4, -0.2) is 35.7 Å². The van der Waals surface area contributed by atoms with Crippen LogP contribution in [0, 0.1) is 6.92 Å². The first-order valence-corrected chi connectivity index (χ1v) is 8.91. The number of para-hydroxylation sites is 2. The van der Waals surface area contributed by atoms with Crippen LogP contribution >= 0.6 is 0 Å². The van der Waals surface area contributed by atoms with Crippen LogP contribution in [-0.2, 0) is 5.41 Å². The number of rotatable bonds is 6. The monoisotopic (exact) mass is 352 g/mol. The Hall–Kier alpha value is -2.62. The second-order valence-electron chi connectivity index (χ2n) is 7.43. The van der Waals surface area contributed by atoms with Crippen molar-refractivity contribution in [3.05, 3.63) is 58.7 Å². The molecule has 0 atom stereocenters. The van der Waals surface area contributed by atoms with Crippen LogP contribution < -0.4 is 0 Å². The third kappa shape index (κ3) is 5.19. The van der Waals surface area contributed by atoms with Gasteiger partial charge in [-0.1, -0.05) is 45.0 Å². The molecule has 4 heteroatoms. The minimum absolute atomic E-state index is 0.107. The summed E-state index contributed by atoms with van der Waals surface area (Å²) in [5.74, 6) is 0.583. The fourth-order valence-corrected chi connectivity index (χ4v) is 2.64. The maximum atomic E-state index is 10.4. The number of hydrogen-bond donors (Lipinski definition) is 2. The second kappa shape index (κ2) is 8.65. The van der Waals surface area contributed by atoms with Crippen molar-refractivity contribution < 1.29 is 10.2 Å². The lowest BCUT2D eigenvalue weighted by atomic mass is 9.85. The van der Waals surface area contributed by atoms with Gasteiger partial charge < -0.3 is 10.2 Å². The number of aryl methyl sites for hydroxylation is 1. The van der Waals surface area contributed by atoms with Gasteiger partial charge >= 0.3 is 0 Å². The van der Waals surface area contributed by atoms with E-state index in [1.54, 1.807) is 12.4 Å². The van der Waals surface area contributed by atoms with Gasteiger partial charge in [0.05, 0.1) is 0 Å². The second-order valence-corrected chi connectivity index (χ2v) is 7.43. The molecule has 0 fully saturated rings. The first kappa shape index (κ1) is 19.7. The van der Waals surface area contributed by atoms with Crippen LogP contribution in [0.25, 0.3) is 0 Å². The zero-order valence-electron chi connectivity index (χ0n) is 16.0. The van der Waals surface area contributed by atoms with Crippen molar-refractivity contribution in [2.24, 2.45) is 9.98 Å². The molecule has 4 nitrogen and oxygen atoms in total. The smallest absolute Gasteiger partial charge is 0.128 e. The van der Waals surface area contributed by atoms with E-state index in [2.05, 4.69) is 30.8 Å². The van der Waals surface area contributed by atoms with E-state index < -0.39 is 0 Å². The summed E-state index contributed by atoms with van der Waals surface area (Å²) in [7, 11) is 0. The zero-order chi connectivity index (χ0) is 19.2. The molecule has 0 saturated heterocycles.